The minimum Gasteiger partial charge on any atom is -0.493 e. The highest BCUT2D eigenvalue weighted by molar-refractivity contribution is 6.42. The Kier molecular flexibility index (Phi) is 6.55. The van der Waals surface area contributed by atoms with Gasteiger partial charge in [-0.2, -0.15) is 5.26 Å². The van der Waals surface area contributed by atoms with Crippen LogP contribution in [0.5, 0.6) is 11.5 Å². The number of nitrogens with zero attached hydrogens (tertiary/aromatic N) is 2. The molecule has 6 nitrogen and oxygen atoms in total. The summed E-state index contributed by atoms with van der Waals surface area (Å²) in [4.78, 5) is 14.7. The van der Waals surface area contributed by atoms with Crippen molar-refractivity contribution >= 4 is 29.0 Å². The van der Waals surface area contributed by atoms with Gasteiger partial charge in [0.25, 0.3) is 0 Å². The van der Waals surface area contributed by atoms with Gasteiger partial charge in [-0.25, -0.2) is 0 Å². The minimum absolute atomic E-state index is 0.0484. The van der Waals surface area contributed by atoms with Crippen LogP contribution in [0.3, 0.4) is 0 Å². The zero-order chi connectivity index (χ0) is 23.7. The normalized spacial score (nSPS) is 18.2. The van der Waals surface area contributed by atoms with Crippen molar-refractivity contribution in [1.29, 1.82) is 5.26 Å². The zero-order valence-corrected chi connectivity index (χ0v) is 19.8. The summed E-state index contributed by atoms with van der Waals surface area (Å²) in [6.45, 7) is 0.269. The number of nitrogens with two attached hydrogens (primary N) is 1. The monoisotopic (exact) mass is 483 g/mol. The largest absolute Gasteiger partial charge is 0.493 e. The molecule has 0 bridgehead atoms. The van der Waals surface area contributed by atoms with Crippen molar-refractivity contribution in [3.05, 3.63) is 80.2 Å². The average Bonchev–Trinajstić information content (AvgIpc) is 2.82. The molecular formula is C25H23Cl2N3O3. The van der Waals surface area contributed by atoms with Crippen molar-refractivity contribution in [3.63, 3.8) is 0 Å². The molecule has 0 unspecified atom stereocenters. The Labute approximate surface area is 202 Å². The molecule has 4 rings (SSSR count). The van der Waals surface area contributed by atoms with Crippen LogP contribution in [-0.2, 0) is 11.4 Å². The number of allylic oxidation sites excluding steroid dienone is 3. The first kappa shape index (κ1) is 23.0. The number of ether oxygens (including phenoxy) is 2. The van der Waals surface area contributed by atoms with E-state index < -0.39 is 5.92 Å². The molecule has 0 aromatic heterocycles. The number of methoxy groups -OCH3 is 1. The topological polar surface area (TPSA) is 88.6 Å². The van der Waals surface area contributed by atoms with Crippen LogP contribution in [0.4, 0.5) is 0 Å². The summed E-state index contributed by atoms with van der Waals surface area (Å²) in [5.41, 5.74) is 9.80. The van der Waals surface area contributed by atoms with E-state index in [1.807, 2.05) is 12.1 Å². The maximum atomic E-state index is 12.9. The molecular weight excluding hydrogens is 461 g/mol. The molecule has 0 spiro atoms. The number of benzene rings is 2. The first-order valence-electron chi connectivity index (χ1n) is 10.5. The van der Waals surface area contributed by atoms with E-state index in [9.17, 15) is 10.1 Å². The third-order valence-electron chi connectivity index (χ3n) is 6.07. The van der Waals surface area contributed by atoms with Crippen molar-refractivity contribution in [1.82, 2.24) is 4.90 Å². The molecule has 0 radical (unpaired) electrons. The molecule has 2 aromatic carbocycles. The highest BCUT2D eigenvalue weighted by Gasteiger charge is 2.38. The van der Waals surface area contributed by atoms with Gasteiger partial charge in [-0.1, -0.05) is 35.3 Å². The van der Waals surface area contributed by atoms with Gasteiger partial charge >= 0.3 is 0 Å². The number of ketones is 1. The van der Waals surface area contributed by atoms with Gasteiger partial charge in [0.05, 0.1) is 34.7 Å². The van der Waals surface area contributed by atoms with Gasteiger partial charge in [0.15, 0.2) is 17.3 Å². The van der Waals surface area contributed by atoms with Gasteiger partial charge in [-0.3, -0.25) is 4.79 Å². The Bertz CT molecular complexity index is 1230. The van der Waals surface area contributed by atoms with Crippen LogP contribution in [0.25, 0.3) is 0 Å². The highest BCUT2D eigenvalue weighted by atomic mass is 35.5. The van der Waals surface area contributed by atoms with E-state index in [2.05, 4.69) is 6.07 Å². The van der Waals surface area contributed by atoms with Gasteiger partial charge < -0.3 is 20.1 Å². The lowest BCUT2D eigenvalue weighted by atomic mass is 9.76. The van der Waals surface area contributed by atoms with E-state index in [0.29, 0.717) is 44.9 Å². The van der Waals surface area contributed by atoms with Crippen molar-refractivity contribution < 1.29 is 14.3 Å². The van der Waals surface area contributed by atoms with Crippen LogP contribution in [0.15, 0.2) is 59.1 Å². The molecule has 0 saturated carbocycles. The summed E-state index contributed by atoms with van der Waals surface area (Å²) in [6.07, 6.45) is 1.98. The van der Waals surface area contributed by atoms with Crippen molar-refractivity contribution in [2.24, 2.45) is 5.73 Å². The van der Waals surface area contributed by atoms with Gasteiger partial charge in [-0.15, -0.1) is 0 Å². The van der Waals surface area contributed by atoms with E-state index in [1.165, 1.54) is 0 Å². The molecule has 0 amide bonds. The number of nitriles is 1. The van der Waals surface area contributed by atoms with E-state index in [-0.39, 0.29) is 12.4 Å². The van der Waals surface area contributed by atoms with Crippen LogP contribution in [0.1, 0.15) is 36.3 Å². The maximum Gasteiger partial charge on any atom is 0.161 e. The quantitative estimate of drug-likeness (QED) is 0.619. The second-order valence-corrected chi connectivity index (χ2v) is 8.80. The lowest BCUT2D eigenvalue weighted by Gasteiger charge is -2.37. The predicted octanol–water partition coefficient (Wildman–Crippen LogP) is 5.31. The number of hydrogen-bond donors (Lipinski definition) is 1. The predicted molar refractivity (Wildman–Crippen MR) is 127 cm³/mol. The number of carbonyl (C=O) groups excluding carboxylic acids is 1. The lowest BCUT2D eigenvalue weighted by Crippen LogP contribution is -2.36. The van der Waals surface area contributed by atoms with Crippen molar-refractivity contribution in [3.8, 4) is 17.6 Å². The number of hydrogen-bond acceptors (Lipinski definition) is 6. The molecule has 2 aromatic rings. The second-order valence-electron chi connectivity index (χ2n) is 7.99. The molecule has 1 heterocycles. The number of rotatable bonds is 5. The Balaban J connectivity index is 1.69. The Morgan fingerprint density at radius 1 is 1.15 bits per heavy atom. The average molecular weight is 484 g/mol. The van der Waals surface area contributed by atoms with Crippen LogP contribution < -0.4 is 15.2 Å². The smallest absolute Gasteiger partial charge is 0.161 e. The van der Waals surface area contributed by atoms with E-state index in [0.717, 1.165) is 29.7 Å². The Morgan fingerprint density at radius 3 is 2.64 bits per heavy atom. The summed E-state index contributed by atoms with van der Waals surface area (Å²) in [5, 5.41) is 10.8. The van der Waals surface area contributed by atoms with E-state index in [1.54, 1.807) is 43.3 Å². The third-order valence-corrected chi connectivity index (χ3v) is 6.81. The van der Waals surface area contributed by atoms with E-state index in [4.69, 9.17) is 38.4 Å². The molecule has 2 aliphatic rings. The summed E-state index contributed by atoms with van der Waals surface area (Å²) in [6, 6.07) is 13.0. The van der Waals surface area contributed by atoms with Crippen molar-refractivity contribution in [2.45, 2.75) is 31.8 Å². The summed E-state index contributed by atoms with van der Waals surface area (Å²) in [5.74, 6) is 0.904. The van der Waals surface area contributed by atoms with Crippen LogP contribution in [0.2, 0.25) is 10.0 Å². The number of Topliss-reactive ketones (excluding diaryl/α,β-unsaturated/α-hetero) is 1. The molecule has 170 valence electrons. The molecule has 1 aliphatic carbocycles. The molecule has 0 saturated heterocycles. The molecule has 8 heteroatoms. The fourth-order valence-corrected chi connectivity index (χ4v) is 4.69. The van der Waals surface area contributed by atoms with Gasteiger partial charge in [-0.05, 0) is 48.2 Å². The molecule has 0 fully saturated rings. The van der Waals surface area contributed by atoms with Gasteiger partial charge in [0.1, 0.15) is 12.4 Å². The molecule has 33 heavy (non-hydrogen) atoms. The molecule has 2 N–H and O–H groups in total. The highest BCUT2D eigenvalue weighted by Crippen LogP contribution is 2.45. The van der Waals surface area contributed by atoms with Crippen LogP contribution in [0, 0.1) is 11.3 Å². The summed E-state index contributed by atoms with van der Waals surface area (Å²) in [7, 11) is 3.35. The van der Waals surface area contributed by atoms with E-state index >= 15 is 0 Å². The standard InChI is InChI=1S/C25H23Cl2N3O3/c1-30-19-4-3-5-20(31)24(19)23(16(12-28)25(30)29)15-7-9-21(22(11-15)32-2)33-13-14-6-8-17(26)18(27)10-14/h6-11,23H,3-5,13,29H2,1-2H3/t23-/m1/s1. The summed E-state index contributed by atoms with van der Waals surface area (Å²) < 4.78 is 11.5. The van der Waals surface area contributed by atoms with Gasteiger partial charge in [0, 0.05) is 24.7 Å². The fourth-order valence-electron chi connectivity index (χ4n) is 4.37. The maximum absolute atomic E-state index is 12.9. The first-order valence-corrected chi connectivity index (χ1v) is 11.3. The minimum atomic E-state index is -0.535. The van der Waals surface area contributed by atoms with Crippen LogP contribution in [-0.4, -0.2) is 24.8 Å². The Hall–Kier alpha value is -3.14. The zero-order valence-electron chi connectivity index (χ0n) is 18.3. The molecule has 1 atom stereocenters. The first-order chi connectivity index (χ1) is 15.8. The number of carbonyl (C=O) groups is 1. The fraction of sp³-hybridized carbons (Fsp3) is 0.280. The van der Waals surface area contributed by atoms with Gasteiger partial charge in [0.2, 0.25) is 0 Å². The lowest BCUT2D eigenvalue weighted by molar-refractivity contribution is -0.116. The second kappa shape index (κ2) is 9.38. The number of halogens is 2. The SMILES string of the molecule is COc1cc([C@@H]2C(C#N)=C(N)N(C)C3=C2C(=O)CCC3)ccc1OCc1ccc(Cl)c(Cl)c1. The van der Waals surface area contributed by atoms with Crippen LogP contribution >= 0.6 is 23.2 Å². The Morgan fingerprint density at radius 2 is 1.94 bits per heavy atom. The molecule has 1 aliphatic heterocycles. The van der Waals surface area contributed by atoms with Crippen molar-refractivity contribution in [2.75, 3.05) is 14.2 Å². The summed E-state index contributed by atoms with van der Waals surface area (Å²) >= 11 is 12.1. The third kappa shape index (κ3) is 4.27.